The average molecular weight is 246 g/mol. The molecule has 0 radical (unpaired) electrons. The van der Waals surface area contributed by atoms with E-state index in [2.05, 4.69) is 6.58 Å². The number of halogens is 5. The normalized spacial score (nSPS) is 12.6. The summed E-state index contributed by atoms with van der Waals surface area (Å²) in [5.74, 6) is -5.99. The van der Waals surface area contributed by atoms with Crippen LogP contribution in [0.3, 0.4) is 0 Å². The number of aliphatic carboxylic acids is 1. The number of unbranched alkanes of at least 4 members (excludes halogenated alkanes) is 1. The molecule has 0 aromatic carbocycles. The molecule has 0 unspecified atom stereocenters. The molecule has 0 spiro atoms. The van der Waals surface area contributed by atoms with Crippen molar-refractivity contribution in [2.45, 2.75) is 37.8 Å². The SMILES string of the molecule is C=C(CCCCC(F)(F)C(F)(F)F)C(=O)O. The van der Waals surface area contributed by atoms with E-state index in [0.29, 0.717) is 0 Å². The molecule has 0 fully saturated rings. The third kappa shape index (κ3) is 4.59. The van der Waals surface area contributed by atoms with Crippen LogP contribution >= 0.6 is 0 Å². The molecule has 0 heterocycles. The molecule has 0 amide bonds. The van der Waals surface area contributed by atoms with Gasteiger partial charge in [-0.25, -0.2) is 4.79 Å². The zero-order valence-corrected chi connectivity index (χ0v) is 8.28. The maximum absolute atomic E-state index is 12.3. The Bertz CT molecular complexity index is 270. The van der Waals surface area contributed by atoms with Crippen molar-refractivity contribution in [1.82, 2.24) is 0 Å². The summed E-state index contributed by atoms with van der Waals surface area (Å²) in [5, 5.41) is 8.34. The Labute approximate surface area is 88.8 Å². The van der Waals surface area contributed by atoms with Crippen LogP contribution in [-0.2, 0) is 4.79 Å². The monoisotopic (exact) mass is 246 g/mol. The second-order valence-electron chi connectivity index (χ2n) is 3.32. The lowest BCUT2D eigenvalue weighted by atomic mass is 10.1. The van der Waals surface area contributed by atoms with Crippen molar-refractivity contribution in [2.24, 2.45) is 0 Å². The van der Waals surface area contributed by atoms with E-state index in [1.807, 2.05) is 0 Å². The number of rotatable bonds is 6. The number of hydrogen-bond acceptors (Lipinski definition) is 1. The van der Waals surface area contributed by atoms with Gasteiger partial charge in [-0.15, -0.1) is 0 Å². The molecule has 0 saturated carbocycles. The van der Waals surface area contributed by atoms with Crippen molar-refractivity contribution < 1.29 is 31.9 Å². The molecule has 94 valence electrons. The quantitative estimate of drug-likeness (QED) is 0.443. The lowest BCUT2D eigenvalue weighted by Gasteiger charge is -2.19. The Balaban J connectivity index is 3.92. The molecule has 1 N–H and O–H groups in total. The van der Waals surface area contributed by atoms with Crippen molar-refractivity contribution in [3.63, 3.8) is 0 Å². The Kier molecular flexibility index (Phi) is 4.89. The highest BCUT2D eigenvalue weighted by Gasteiger charge is 2.56. The number of alkyl halides is 5. The van der Waals surface area contributed by atoms with Crippen molar-refractivity contribution in [3.8, 4) is 0 Å². The Morgan fingerprint density at radius 2 is 1.62 bits per heavy atom. The summed E-state index contributed by atoms with van der Waals surface area (Å²) in [6.07, 6.45) is -7.43. The highest BCUT2D eigenvalue weighted by molar-refractivity contribution is 5.85. The molecular weight excluding hydrogens is 235 g/mol. The van der Waals surface area contributed by atoms with E-state index in [4.69, 9.17) is 5.11 Å². The smallest absolute Gasteiger partial charge is 0.453 e. The van der Waals surface area contributed by atoms with E-state index in [-0.39, 0.29) is 18.4 Å². The number of carboxylic acids is 1. The number of carbonyl (C=O) groups is 1. The summed E-state index contributed by atoms with van der Waals surface area (Å²) in [6, 6.07) is 0. The van der Waals surface area contributed by atoms with Gasteiger partial charge in [0, 0.05) is 12.0 Å². The molecule has 2 nitrogen and oxygen atoms in total. The van der Waals surface area contributed by atoms with E-state index < -0.39 is 30.9 Å². The van der Waals surface area contributed by atoms with E-state index in [1.54, 1.807) is 0 Å². The molecule has 0 atom stereocenters. The first-order valence-corrected chi connectivity index (χ1v) is 4.43. The maximum atomic E-state index is 12.3. The van der Waals surface area contributed by atoms with Crippen LogP contribution in [0.4, 0.5) is 22.0 Å². The molecule has 0 aromatic heterocycles. The van der Waals surface area contributed by atoms with Gasteiger partial charge in [0.1, 0.15) is 0 Å². The maximum Gasteiger partial charge on any atom is 0.453 e. The van der Waals surface area contributed by atoms with Crippen molar-refractivity contribution in [3.05, 3.63) is 12.2 Å². The third-order valence-corrected chi connectivity index (χ3v) is 1.94. The van der Waals surface area contributed by atoms with Crippen molar-refractivity contribution >= 4 is 5.97 Å². The third-order valence-electron chi connectivity index (χ3n) is 1.94. The van der Waals surface area contributed by atoms with Crippen LogP contribution in [-0.4, -0.2) is 23.2 Å². The summed E-state index contributed by atoms with van der Waals surface area (Å²) in [7, 11) is 0. The Morgan fingerprint density at radius 3 is 2.00 bits per heavy atom. The summed E-state index contributed by atoms with van der Waals surface area (Å²) in [6.45, 7) is 3.13. The summed E-state index contributed by atoms with van der Waals surface area (Å²) < 4.78 is 59.8. The minimum atomic E-state index is -5.54. The van der Waals surface area contributed by atoms with Gasteiger partial charge in [-0.2, -0.15) is 22.0 Å². The Hall–Kier alpha value is -1.14. The number of hydrogen-bond donors (Lipinski definition) is 1. The van der Waals surface area contributed by atoms with Crippen LogP contribution in [0.5, 0.6) is 0 Å². The lowest BCUT2D eigenvalue weighted by Crippen LogP contribution is -2.36. The van der Waals surface area contributed by atoms with E-state index in [1.165, 1.54) is 0 Å². The van der Waals surface area contributed by atoms with Gasteiger partial charge in [0.2, 0.25) is 0 Å². The molecule has 0 aromatic rings. The van der Waals surface area contributed by atoms with Gasteiger partial charge >= 0.3 is 18.1 Å². The minimum Gasteiger partial charge on any atom is -0.478 e. The van der Waals surface area contributed by atoms with Crippen LogP contribution in [0.15, 0.2) is 12.2 Å². The molecular formula is C9H11F5O2. The molecule has 7 heteroatoms. The van der Waals surface area contributed by atoms with Crippen molar-refractivity contribution in [2.75, 3.05) is 0 Å². The molecule has 0 aliphatic carbocycles. The van der Waals surface area contributed by atoms with Gasteiger partial charge in [-0.05, 0) is 19.3 Å². The fourth-order valence-corrected chi connectivity index (χ4v) is 0.934. The molecule has 0 bridgehead atoms. The van der Waals surface area contributed by atoms with Crippen LogP contribution in [0, 0.1) is 0 Å². The van der Waals surface area contributed by atoms with E-state index in [9.17, 15) is 26.7 Å². The average Bonchev–Trinajstić information content (AvgIpc) is 2.09. The predicted octanol–water partition coefficient (Wildman–Crippen LogP) is 3.39. The van der Waals surface area contributed by atoms with Gasteiger partial charge in [0.05, 0.1) is 0 Å². The van der Waals surface area contributed by atoms with Crippen LogP contribution in [0.2, 0.25) is 0 Å². The highest BCUT2D eigenvalue weighted by Crippen LogP contribution is 2.39. The van der Waals surface area contributed by atoms with Gasteiger partial charge < -0.3 is 5.11 Å². The molecule has 0 rings (SSSR count). The number of carboxylic acid groups (broad SMARTS) is 1. The molecule has 0 aliphatic heterocycles. The molecule has 16 heavy (non-hydrogen) atoms. The zero-order valence-electron chi connectivity index (χ0n) is 8.28. The highest BCUT2D eigenvalue weighted by atomic mass is 19.4. The van der Waals surface area contributed by atoms with Gasteiger partial charge in [-0.1, -0.05) is 6.58 Å². The fraction of sp³-hybridized carbons (Fsp3) is 0.667. The topological polar surface area (TPSA) is 37.3 Å². The second-order valence-corrected chi connectivity index (χ2v) is 3.32. The van der Waals surface area contributed by atoms with E-state index >= 15 is 0 Å². The van der Waals surface area contributed by atoms with Gasteiger partial charge in [-0.3, -0.25) is 0 Å². The van der Waals surface area contributed by atoms with Crippen LogP contribution in [0.25, 0.3) is 0 Å². The second kappa shape index (κ2) is 5.27. The zero-order chi connectivity index (χ0) is 13.0. The van der Waals surface area contributed by atoms with Gasteiger partial charge in [0.25, 0.3) is 0 Å². The summed E-state index contributed by atoms with van der Waals surface area (Å²) in [4.78, 5) is 10.2. The fourth-order valence-electron chi connectivity index (χ4n) is 0.934. The first-order chi connectivity index (χ1) is 7.08. The lowest BCUT2D eigenvalue weighted by molar-refractivity contribution is -0.284. The minimum absolute atomic E-state index is 0.0587. The summed E-state index contributed by atoms with van der Waals surface area (Å²) >= 11 is 0. The van der Waals surface area contributed by atoms with Gasteiger partial charge in [0.15, 0.2) is 0 Å². The largest absolute Gasteiger partial charge is 0.478 e. The van der Waals surface area contributed by atoms with Crippen molar-refractivity contribution in [1.29, 1.82) is 0 Å². The van der Waals surface area contributed by atoms with Crippen LogP contribution in [0.1, 0.15) is 25.7 Å². The van der Waals surface area contributed by atoms with E-state index in [0.717, 1.165) is 0 Å². The first-order valence-electron chi connectivity index (χ1n) is 4.43. The van der Waals surface area contributed by atoms with Crippen LogP contribution < -0.4 is 0 Å². The first kappa shape index (κ1) is 14.9. The molecule has 0 aliphatic rings. The standard InChI is InChI=1S/C9H11F5O2/c1-6(7(15)16)4-2-3-5-8(10,11)9(12,13)14/h1-5H2,(H,15,16). The molecule has 0 saturated heterocycles. The summed E-state index contributed by atoms with van der Waals surface area (Å²) in [5.41, 5.74) is -0.199. The predicted molar refractivity (Wildman–Crippen MR) is 46.2 cm³/mol. The Morgan fingerprint density at radius 1 is 1.12 bits per heavy atom.